The number of hydrogen-bond acceptors (Lipinski definition) is 5. The third kappa shape index (κ3) is 4.75. The quantitative estimate of drug-likeness (QED) is 0.554. The Bertz CT molecular complexity index is 896. The van der Waals surface area contributed by atoms with E-state index in [1.807, 2.05) is 46.2 Å². The molecule has 0 spiro atoms. The second-order valence-electron chi connectivity index (χ2n) is 7.66. The fourth-order valence-electron chi connectivity index (χ4n) is 2.81. The van der Waals surface area contributed by atoms with Gasteiger partial charge in [-0.05, 0) is 65.0 Å². The van der Waals surface area contributed by atoms with Crippen LogP contribution in [0, 0.1) is 13.8 Å². The lowest BCUT2D eigenvalue weighted by Gasteiger charge is -2.35. The average Bonchev–Trinajstić information content (AvgIpc) is 2.63. The van der Waals surface area contributed by atoms with E-state index in [4.69, 9.17) is 5.21 Å². The summed E-state index contributed by atoms with van der Waals surface area (Å²) in [4.78, 5) is 36.8. The summed E-state index contributed by atoms with van der Waals surface area (Å²) in [6.07, 6.45) is 0.561. The van der Waals surface area contributed by atoms with Crippen LogP contribution in [0.1, 0.15) is 63.0 Å². The van der Waals surface area contributed by atoms with Crippen molar-refractivity contribution in [2.24, 2.45) is 0 Å². The Hall–Kier alpha value is -3.19. The van der Waals surface area contributed by atoms with E-state index in [1.165, 1.54) is 23.2 Å². The maximum Gasteiger partial charge on any atom is 0.272 e. The largest absolute Gasteiger partial charge is 0.298 e. The normalized spacial score (nSPS) is 10.9. The summed E-state index contributed by atoms with van der Waals surface area (Å²) in [6.45, 7) is 9.24. The van der Waals surface area contributed by atoms with E-state index >= 15 is 0 Å². The lowest BCUT2D eigenvalue weighted by Crippen LogP contribution is -2.55. The van der Waals surface area contributed by atoms with Crippen molar-refractivity contribution in [2.45, 2.75) is 40.2 Å². The highest BCUT2D eigenvalue weighted by Crippen LogP contribution is 2.19. The molecule has 0 saturated heterocycles. The minimum absolute atomic E-state index is 0.102. The van der Waals surface area contributed by atoms with Crippen LogP contribution in [0.15, 0.2) is 36.4 Å². The maximum atomic E-state index is 13.1. The number of aryl methyl sites for hydroxylation is 2. The van der Waals surface area contributed by atoms with Crippen molar-refractivity contribution in [2.75, 3.05) is 5.48 Å². The Morgan fingerprint density at radius 3 is 2.11 bits per heavy atom. The van der Waals surface area contributed by atoms with Crippen LogP contribution in [0.25, 0.3) is 0 Å². The van der Waals surface area contributed by atoms with Crippen LogP contribution in [-0.2, 0) is 0 Å². The number of hydrogen-bond donors (Lipinski definition) is 3. The number of nitrogens with one attached hydrogen (secondary N) is 2. The van der Waals surface area contributed by atoms with E-state index in [2.05, 4.69) is 5.43 Å². The Morgan fingerprint density at radius 2 is 1.61 bits per heavy atom. The van der Waals surface area contributed by atoms with Crippen LogP contribution in [-0.4, -0.2) is 33.9 Å². The van der Waals surface area contributed by atoms with Crippen molar-refractivity contribution >= 4 is 23.8 Å². The zero-order valence-electron chi connectivity index (χ0n) is 16.7. The van der Waals surface area contributed by atoms with Crippen molar-refractivity contribution in [1.82, 2.24) is 10.4 Å². The fraction of sp³-hybridized carbons (Fsp3) is 0.286. The van der Waals surface area contributed by atoms with E-state index in [0.29, 0.717) is 11.8 Å². The van der Waals surface area contributed by atoms with Gasteiger partial charge in [0.2, 0.25) is 0 Å². The van der Waals surface area contributed by atoms with Gasteiger partial charge >= 0.3 is 0 Å². The molecule has 0 heterocycles. The van der Waals surface area contributed by atoms with E-state index in [0.717, 1.165) is 11.1 Å². The van der Waals surface area contributed by atoms with E-state index in [-0.39, 0.29) is 22.7 Å². The second-order valence-corrected chi connectivity index (χ2v) is 7.66. The number of nitrogens with zero attached hydrogens (tertiary/aromatic N) is 1. The number of amides is 2. The first kappa shape index (κ1) is 21.1. The van der Waals surface area contributed by atoms with Gasteiger partial charge < -0.3 is 0 Å². The molecule has 0 fully saturated rings. The molecule has 28 heavy (non-hydrogen) atoms. The van der Waals surface area contributed by atoms with Gasteiger partial charge in [-0.15, -0.1) is 0 Å². The number of aldehydes is 1. The summed E-state index contributed by atoms with van der Waals surface area (Å²) in [5, 5.41) is 10.4. The first-order valence-corrected chi connectivity index (χ1v) is 8.80. The van der Waals surface area contributed by atoms with Gasteiger partial charge in [-0.25, -0.2) is 5.01 Å². The van der Waals surface area contributed by atoms with Crippen molar-refractivity contribution in [3.05, 3.63) is 64.2 Å². The molecule has 3 N–H and O–H groups in total. The molecule has 0 atom stereocenters. The lowest BCUT2D eigenvalue weighted by molar-refractivity contribution is 0.0358. The minimum atomic E-state index is -0.689. The molecule has 0 bridgehead atoms. The van der Waals surface area contributed by atoms with Crippen molar-refractivity contribution in [3.63, 3.8) is 0 Å². The van der Waals surface area contributed by atoms with E-state index < -0.39 is 11.4 Å². The summed E-state index contributed by atoms with van der Waals surface area (Å²) in [6, 6.07) is 9.70. The molecular formula is C21H25N3O4. The van der Waals surface area contributed by atoms with Gasteiger partial charge in [0.05, 0.1) is 11.2 Å². The molecule has 0 aliphatic rings. The predicted molar refractivity (Wildman–Crippen MR) is 107 cm³/mol. The van der Waals surface area contributed by atoms with Gasteiger partial charge in [0, 0.05) is 16.7 Å². The minimum Gasteiger partial charge on any atom is -0.298 e. The number of rotatable bonds is 4. The molecule has 0 aromatic heterocycles. The highest BCUT2D eigenvalue weighted by molar-refractivity contribution is 6.00. The van der Waals surface area contributed by atoms with Crippen LogP contribution in [0.2, 0.25) is 0 Å². The number of carbonyl (C=O) groups excluding carboxylic acids is 3. The number of anilines is 1. The molecule has 2 aromatic rings. The molecule has 7 nitrogen and oxygen atoms in total. The van der Waals surface area contributed by atoms with Gasteiger partial charge in [-0.3, -0.25) is 30.5 Å². The SMILES string of the molecule is Cc1cc(C)cc(C(=O)N(NC(=O)c2ccc(C=O)c(NO)c2)C(C)(C)C)c1. The Kier molecular flexibility index (Phi) is 6.20. The molecule has 0 aliphatic heterocycles. The van der Waals surface area contributed by atoms with E-state index in [9.17, 15) is 14.4 Å². The monoisotopic (exact) mass is 383 g/mol. The first-order chi connectivity index (χ1) is 13.1. The molecule has 2 amide bonds. The second kappa shape index (κ2) is 8.22. The smallest absolute Gasteiger partial charge is 0.272 e. The average molecular weight is 383 g/mol. The molecule has 0 radical (unpaired) electrons. The van der Waals surface area contributed by atoms with Crippen LogP contribution in [0.5, 0.6) is 0 Å². The summed E-state index contributed by atoms with van der Waals surface area (Å²) in [5.41, 5.74) is 6.72. The highest BCUT2D eigenvalue weighted by Gasteiger charge is 2.30. The molecule has 2 aromatic carbocycles. The molecule has 7 heteroatoms. The summed E-state index contributed by atoms with van der Waals surface area (Å²) >= 11 is 0. The van der Waals surface area contributed by atoms with Gasteiger partial charge in [0.1, 0.15) is 0 Å². The number of benzene rings is 2. The van der Waals surface area contributed by atoms with Gasteiger partial charge in [-0.2, -0.15) is 0 Å². The summed E-state index contributed by atoms with van der Waals surface area (Å²) in [5.74, 6) is -0.876. The Balaban J connectivity index is 2.36. The number of carbonyl (C=O) groups is 3. The highest BCUT2D eigenvalue weighted by atomic mass is 16.5. The van der Waals surface area contributed by atoms with Crippen LogP contribution in [0.3, 0.4) is 0 Å². The Labute approximate surface area is 164 Å². The van der Waals surface area contributed by atoms with Crippen LogP contribution in [0.4, 0.5) is 5.69 Å². The molecule has 0 saturated carbocycles. The topological polar surface area (TPSA) is 98.7 Å². The third-order valence-corrected chi connectivity index (χ3v) is 4.12. The zero-order chi connectivity index (χ0) is 21.1. The van der Waals surface area contributed by atoms with Crippen molar-refractivity contribution in [1.29, 1.82) is 0 Å². The maximum absolute atomic E-state index is 13.1. The molecule has 2 rings (SSSR count). The molecule has 0 unspecified atom stereocenters. The van der Waals surface area contributed by atoms with E-state index in [1.54, 1.807) is 12.1 Å². The van der Waals surface area contributed by atoms with Gasteiger partial charge in [-0.1, -0.05) is 17.2 Å². The van der Waals surface area contributed by atoms with Crippen molar-refractivity contribution < 1.29 is 19.6 Å². The standard InChI is InChI=1S/C21H25N3O4/c1-13-8-14(2)10-17(9-13)20(27)24(21(3,4)5)22-19(26)15-6-7-16(12-25)18(11-15)23-28/h6-12,23,28H,1-5H3,(H,22,26). The lowest BCUT2D eigenvalue weighted by atomic mass is 10.0. The zero-order valence-corrected chi connectivity index (χ0v) is 16.7. The Morgan fingerprint density at radius 1 is 1.00 bits per heavy atom. The molecule has 148 valence electrons. The third-order valence-electron chi connectivity index (χ3n) is 4.12. The molecular weight excluding hydrogens is 358 g/mol. The summed E-state index contributed by atoms with van der Waals surface area (Å²) < 4.78 is 0. The fourth-order valence-corrected chi connectivity index (χ4v) is 2.81. The predicted octanol–water partition coefficient (Wildman–Crippen LogP) is 3.50. The first-order valence-electron chi connectivity index (χ1n) is 8.80. The number of hydrazine groups is 1. The van der Waals surface area contributed by atoms with Crippen LogP contribution >= 0.6 is 0 Å². The van der Waals surface area contributed by atoms with Gasteiger partial charge in [0.15, 0.2) is 6.29 Å². The molecule has 0 aliphatic carbocycles. The summed E-state index contributed by atoms with van der Waals surface area (Å²) in [7, 11) is 0. The van der Waals surface area contributed by atoms with Crippen molar-refractivity contribution in [3.8, 4) is 0 Å². The van der Waals surface area contributed by atoms with Gasteiger partial charge in [0.25, 0.3) is 11.8 Å². The van der Waals surface area contributed by atoms with Crippen LogP contribution < -0.4 is 10.9 Å².